The number of imidazole rings is 1. The van der Waals surface area contributed by atoms with Gasteiger partial charge >= 0.3 is 0 Å². The Labute approximate surface area is 136 Å². The molecule has 0 aliphatic heterocycles. The molecule has 114 valence electrons. The lowest BCUT2D eigenvalue weighted by atomic mass is 9.78. The quantitative estimate of drug-likeness (QED) is 0.684. The summed E-state index contributed by atoms with van der Waals surface area (Å²) in [4.78, 5) is 4.79. The summed E-state index contributed by atoms with van der Waals surface area (Å²) < 4.78 is 2.44. The lowest BCUT2D eigenvalue weighted by Crippen LogP contribution is -2.28. The van der Waals surface area contributed by atoms with Crippen LogP contribution in [0.1, 0.15) is 45.0 Å². The molecule has 0 N–H and O–H groups in total. The number of rotatable bonds is 3. The molecular weight excluding hydrogens is 303 g/mol. The summed E-state index contributed by atoms with van der Waals surface area (Å²) in [5, 5.41) is 0.745. The van der Waals surface area contributed by atoms with Gasteiger partial charge in [-0.25, -0.2) is 4.98 Å². The molecule has 1 aliphatic carbocycles. The van der Waals surface area contributed by atoms with Crippen LogP contribution in [0.3, 0.4) is 0 Å². The first-order chi connectivity index (χ1) is 10.1. The van der Waals surface area contributed by atoms with Crippen molar-refractivity contribution in [2.75, 3.05) is 5.88 Å². The Bertz CT molecular complexity index is 635. The Morgan fingerprint density at radius 1 is 1.29 bits per heavy atom. The summed E-state index contributed by atoms with van der Waals surface area (Å²) in [6, 6.07) is 6.55. The second-order valence-corrected chi connectivity index (χ2v) is 7.12. The van der Waals surface area contributed by atoms with Crippen molar-refractivity contribution in [3.63, 3.8) is 0 Å². The average molecular weight is 325 g/mol. The fourth-order valence-electron chi connectivity index (χ4n) is 3.67. The van der Waals surface area contributed by atoms with Crippen molar-refractivity contribution in [3.05, 3.63) is 29.0 Å². The molecule has 4 heteroatoms. The van der Waals surface area contributed by atoms with E-state index in [0.717, 1.165) is 28.7 Å². The van der Waals surface area contributed by atoms with Crippen LogP contribution < -0.4 is 0 Å². The maximum absolute atomic E-state index is 6.12. The van der Waals surface area contributed by atoms with E-state index in [4.69, 9.17) is 28.2 Å². The zero-order valence-electron chi connectivity index (χ0n) is 12.6. The van der Waals surface area contributed by atoms with Crippen molar-refractivity contribution in [2.24, 2.45) is 11.8 Å². The van der Waals surface area contributed by atoms with E-state index in [0.29, 0.717) is 17.8 Å². The number of alkyl halides is 1. The van der Waals surface area contributed by atoms with Crippen LogP contribution in [0.4, 0.5) is 0 Å². The van der Waals surface area contributed by atoms with E-state index in [1.165, 1.54) is 24.8 Å². The van der Waals surface area contributed by atoms with Gasteiger partial charge in [0.1, 0.15) is 5.82 Å². The summed E-state index contributed by atoms with van der Waals surface area (Å²) >= 11 is 12.1. The highest BCUT2D eigenvalue weighted by atomic mass is 35.5. The summed E-state index contributed by atoms with van der Waals surface area (Å²) in [7, 11) is 0. The Hall–Kier alpha value is -0.730. The van der Waals surface area contributed by atoms with Gasteiger partial charge in [-0.2, -0.15) is 0 Å². The number of nitrogens with zero attached hydrogens (tertiary/aromatic N) is 2. The second kappa shape index (κ2) is 6.18. The monoisotopic (exact) mass is 324 g/mol. The van der Waals surface area contributed by atoms with E-state index in [9.17, 15) is 0 Å². The molecule has 21 heavy (non-hydrogen) atoms. The third-order valence-corrected chi connectivity index (χ3v) is 5.46. The van der Waals surface area contributed by atoms with Crippen LogP contribution in [-0.2, 0) is 6.42 Å². The van der Waals surface area contributed by atoms with E-state index in [1.807, 2.05) is 12.1 Å². The van der Waals surface area contributed by atoms with Crippen LogP contribution in [0.2, 0.25) is 5.02 Å². The molecule has 2 nitrogen and oxygen atoms in total. The van der Waals surface area contributed by atoms with Gasteiger partial charge in [-0.05, 0) is 36.5 Å². The van der Waals surface area contributed by atoms with Crippen molar-refractivity contribution in [1.29, 1.82) is 0 Å². The van der Waals surface area contributed by atoms with Crippen molar-refractivity contribution in [2.45, 2.75) is 45.6 Å². The summed E-state index contributed by atoms with van der Waals surface area (Å²) in [5.74, 6) is 3.14. The zero-order chi connectivity index (χ0) is 15.0. The van der Waals surface area contributed by atoms with Crippen molar-refractivity contribution < 1.29 is 0 Å². The number of hydrogen-bond donors (Lipinski definition) is 0. The number of aryl methyl sites for hydroxylation is 1. The Kier molecular flexibility index (Phi) is 4.46. The van der Waals surface area contributed by atoms with Gasteiger partial charge in [0.05, 0.1) is 11.0 Å². The van der Waals surface area contributed by atoms with E-state index in [1.54, 1.807) is 0 Å². The fraction of sp³-hybridized carbons (Fsp3) is 0.588. The molecule has 1 aromatic carbocycles. The largest absolute Gasteiger partial charge is 0.325 e. The van der Waals surface area contributed by atoms with Gasteiger partial charge in [-0.1, -0.05) is 38.3 Å². The molecule has 0 spiro atoms. The SMILES string of the molecule is CC1CCCC(n2c(CCCl)nc3cc(Cl)ccc32)C1C. The van der Waals surface area contributed by atoms with Gasteiger partial charge in [0.2, 0.25) is 0 Å². The third-order valence-electron chi connectivity index (χ3n) is 5.04. The molecule has 2 aromatic rings. The number of halogens is 2. The molecule has 0 saturated heterocycles. The first kappa shape index (κ1) is 15.2. The molecule has 1 saturated carbocycles. The minimum Gasteiger partial charge on any atom is -0.325 e. The highest BCUT2D eigenvalue weighted by Crippen LogP contribution is 2.40. The molecule has 1 heterocycles. The Morgan fingerprint density at radius 2 is 2.10 bits per heavy atom. The molecule has 3 atom stereocenters. The van der Waals surface area contributed by atoms with E-state index in [2.05, 4.69) is 24.5 Å². The number of fused-ring (bicyclic) bond motifs is 1. The molecule has 1 fully saturated rings. The highest BCUT2D eigenvalue weighted by Gasteiger charge is 2.30. The van der Waals surface area contributed by atoms with Gasteiger partial charge < -0.3 is 4.57 Å². The van der Waals surface area contributed by atoms with Crippen LogP contribution >= 0.6 is 23.2 Å². The van der Waals surface area contributed by atoms with Gasteiger partial charge in [-0.15, -0.1) is 11.6 Å². The highest BCUT2D eigenvalue weighted by molar-refractivity contribution is 6.31. The van der Waals surface area contributed by atoms with Crippen molar-refractivity contribution in [1.82, 2.24) is 9.55 Å². The van der Waals surface area contributed by atoms with E-state index < -0.39 is 0 Å². The predicted octanol–water partition coefficient (Wildman–Crippen LogP) is 5.47. The van der Waals surface area contributed by atoms with E-state index >= 15 is 0 Å². The molecule has 1 aromatic heterocycles. The van der Waals surface area contributed by atoms with Gasteiger partial charge in [0, 0.05) is 23.4 Å². The average Bonchev–Trinajstić information content (AvgIpc) is 2.79. The summed E-state index contributed by atoms with van der Waals surface area (Å²) in [6.45, 7) is 4.74. The first-order valence-electron chi connectivity index (χ1n) is 7.84. The van der Waals surface area contributed by atoms with Gasteiger partial charge in [-0.3, -0.25) is 0 Å². The van der Waals surface area contributed by atoms with Gasteiger partial charge in [0.25, 0.3) is 0 Å². The smallest absolute Gasteiger partial charge is 0.111 e. The predicted molar refractivity (Wildman–Crippen MR) is 90.4 cm³/mol. The number of benzene rings is 1. The molecule has 0 radical (unpaired) electrons. The summed E-state index contributed by atoms with van der Waals surface area (Å²) in [6.07, 6.45) is 4.67. The maximum atomic E-state index is 6.12. The molecule has 3 rings (SSSR count). The zero-order valence-corrected chi connectivity index (χ0v) is 14.2. The lowest BCUT2D eigenvalue weighted by Gasteiger charge is -2.36. The standard InChI is InChI=1S/C17H22Cl2N2/c1-11-4-3-5-15(12(11)2)21-16-7-6-13(19)10-14(16)20-17(21)8-9-18/h6-7,10-12,15H,3-5,8-9H2,1-2H3. The molecule has 1 aliphatic rings. The molecule has 0 bridgehead atoms. The van der Waals surface area contributed by atoms with E-state index in [-0.39, 0.29) is 0 Å². The fourth-order valence-corrected chi connectivity index (χ4v) is 4.01. The van der Waals surface area contributed by atoms with Gasteiger partial charge in [0.15, 0.2) is 0 Å². The van der Waals surface area contributed by atoms with Crippen LogP contribution in [0.15, 0.2) is 18.2 Å². The second-order valence-electron chi connectivity index (χ2n) is 6.30. The maximum Gasteiger partial charge on any atom is 0.111 e. The normalized spacial score (nSPS) is 26.4. The Morgan fingerprint density at radius 3 is 2.86 bits per heavy atom. The Balaban J connectivity index is 2.12. The third kappa shape index (κ3) is 2.80. The van der Waals surface area contributed by atoms with Crippen molar-refractivity contribution in [3.8, 4) is 0 Å². The minimum absolute atomic E-state index is 0.526. The van der Waals surface area contributed by atoms with Crippen molar-refractivity contribution >= 4 is 34.2 Å². The molecular formula is C17H22Cl2N2. The van der Waals surface area contributed by atoms with Crippen LogP contribution in [0, 0.1) is 11.8 Å². The van der Waals surface area contributed by atoms with Crippen LogP contribution in [0.25, 0.3) is 11.0 Å². The van der Waals surface area contributed by atoms with Crippen LogP contribution in [0.5, 0.6) is 0 Å². The van der Waals surface area contributed by atoms with Crippen LogP contribution in [-0.4, -0.2) is 15.4 Å². The number of aromatic nitrogens is 2. The minimum atomic E-state index is 0.526. The first-order valence-corrected chi connectivity index (χ1v) is 8.75. The molecule has 3 unspecified atom stereocenters. The number of hydrogen-bond acceptors (Lipinski definition) is 1. The summed E-state index contributed by atoms with van der Waals surface area (Å²) in [5.41, 5.74) is 2.19. The lowest BCUT2D eigenvalue weighted by molar-refractivity contribution is 0.187. The molecule has 0 amide bonds. The topological polar surface area (TPSA) is 17.8 Å².